The summed E-state index contributed by atoms with van der Waals surface area (Å²) >= 11 is 0. The van der Waals surface area contributed by atoms with Crippen molar-refractivity contribution in [1.82, 2.24) is 24.1 Å². The molecule has 0 aliphatic carbocycles. The van der Waals surface area contributed by atoms with E-state index in [4.69, 9.17) is 23.8 Å². The van der Waals surface area contributed by atoms with Crippen LogP contribution in [0.2, 0.25) is 0 Å². The Balaban J connectivity index is 0.819. The van der Waals surface area contributed by atoms with Crippen molar-refractivity contribution in [2.75, 3.05) is 0 Å². The Labute approximate surface area is 434 Å². The van der Waals surface area contributed by atoms with Crippen molar-refractivity contribution in [1.29, 1.82) is 0 Å². The van der Waals surface area contributed by atoms with Gasteiger partial charge in [0.2, 0.25) is 0 Å². The third-order valence-electron chi connectivity index (χ3n) is 15.2. The van der Waals surface area contributed by atoms with Crippen molar-refractivity contribution < 1.29 is 8.83 Å². The SMILES string of the molecule is c1ccc(-c2nc(-c3cccc4oc5cc(-c6ccc7c8ccccc8n(-c8ccccc8)c7c6)ccc5c34)nc(-c3cccc4oc5cc(-c6ccc7c8ccccc8n(-c8ccccc8)c7c6)ccc5c34)n2)cc1. The van der Waals surface area contributed by atoms with E-state index in [2.05, 4.69) is 203 Å². The second-order valence-electron chi connectivity index (χ2n) is 19.5. The predicted molar refractivity (Wildman–Crippen MR) is 310 cm³/mol. The minimum atomic E-state index is 0.552. The van der Waals surface area contributed by atoms with Crippen LogP contribution in [0.3, 0.4) is 0 Å². The average molecular weight is 972 g/mol. The number of furan rings is 2. The highest BCUT2D eigenvalue weighted by molar-refractivity contribution is 6.16. The Kier molecular flexibility index (Phi) is 9.20. The van der Waals surface area contributed by atoms with Gasteiger partial charge in [-0.1, -0.05) is 164 Å². The molecule has 0 N–H and O–H groups in total. The highest BCUT2D eigenvalue weighted by atomic mass is 16.3. The van der Waals surface area contributed by atoms with Gasteiger partial charge in [0.15, 0.2) is 17.5 Å². The Bertz CT molecular complexity index is 4700. The molecule has 16 aromatic rings. The maximum Gasteiger partial charge on any atom is 0.164 e. The van der Waals surface area contributed by atoms with E-state index in [1.807, 2.05) is 54.6 Å². The van der Waals surface area contributed by atoms with Gasteiger partial charge in [-0.15, -0.1) is 0 Å². The molecule has 11 aromatic carbocycles. The van der Waals surface area contributed by atoms with Gasteiger partial charge in [-0.2, -0.15) is 0 Å². The van der Waals surface area contributed by atoms with E-state index < -0.39 is 0 Å². The molecule has 0 unspecified atom stereocenters. The smallest absolute Gasteiger partial charge is 0.164 e. The lowest BCUT2D eigenvalue weighted by molar-refractivity contribution is 0.669. The van der Waals surface area contributed by atoms with Crippen LogP contribution in [0.1, 0.15) is 0 Å². The molecule has 0 aliphatic rings. The number of benzene rings is 11. The molecule has 5 aromatic heterocycles. The molecule has 7 heteroatoms. The van der Waals surface area contributed by atoms with Crippen LogP contribution in [-0.4, -0.2) is 24.1 Å². The van der Waals surface area contributed by atoms with Crippen LogP contribution in [0.15, 0.2) is 258 Å². The third-order valence-corrected chi connectivity index (χ3v) is 15.2. The maximum absolute atomic E-state index is 6.74. The molecule has 0 atom stereocenters. The zero-order valence-corrected chi connectivity index (χ0v) is 40.7. The zero-order valence-electron chi connectivity index (χ0n) is 40.7. The minimum Gasteiger partial charge on any atom is -0.456 e. The molecule has 16 rings (SSSR count). The first-order valence-corrected chi connectivity index (χ1v) is 25.6. The van der Waals surface area contributed by atoms with E-state index >= 15 is 0 Å². The highest BCUT2D eigenvalue weighted by Gasteiger charge is 2.22. The van der Waals surface area contributed by atoms with Crippen LogP contribution in [0, 0.1) is 0 Å². The molecule has 5 heterocycles. The molecule has 354 valence electrons. The number of nitrogens with zero attached hydrogens (tertiary/aromatic N) is 5. The van der Waals surface area contributed by atoms with Gasteiger partial charge in [-0.25, -0.2) is 15.0 Å². The monoisotopic (exact) mass is 971 g/mol. The van der Waals surface area contributed by atoms with Crippen molar-refractivity contribution >= 4 is 87.5 Å². The second-order valence-corrected chi connectivity index (χ2v) is 19.5. The first kappa shape index (κ1) is 42.2. The number of fused-ring (bicyclic) bond motifs is 12. The van der Waals surface area contributed by atoms with Crippen molar-refractivity contribution in [2.45, 2.75) is 0 Å². The van der Waals surface area contributed by atoms with Crippen LogP contribution in [0.5, 0.6) is 0 Å². The molecular formula is C69H41N5O2. The minimum absolute atomic E-state index is 0.552. The summed E-state index contributed by atoms with van der Waals surface area (Å²) < 4.78 is 18.2. The van der Waals surface area contributed by atoms with Gasteiger partial charge in [-0.3, -0.25) is 0 Å². The zero-order chi connectivity index (χ0) is 49.8. The standard InChI is InChI=1S/C69H41N5O2/c1-4-16-42(17-5-1)67-70-68(55-24-14-28-61-65(55)53-36-32-45(40-63(53)75-61)43-30-34-51-49-22-10-12-26-57(49)73(59(51)38-43)47-18-6-2-7-19-47)72-69(71-67)56-25-15-29-62-66(56)54-37-33-46(41-64(54)76-62)44-31-35-52-50-23-11-13-27-58(50)74(60(52)39-44)48-20-8-3-9-21-48/h1-41H. The van der Waals surface area contributed by atoms with E-state index in [1.165, 1.54) is 32.6 Å². The summed E-state index contributed by atoms with van der Waals surface area (Å²) in [6, 6.07) is 87.3. The summed E-state index contributed by atoms with van der Waals surface area (Å²) in [6.45, 7) is 0. The first-order chi connectivity index (χ1) is 37.7. The van der Waals surface area contributed by atoms with Crippen molar-refractivity contribution in [3.8, 4) is 67.8 Å². The fourth-order valence-electron chi connectivity index (χ4n) is 11.7. The summed E-state index contributed by atoms with van der Waals surface area (Å²) in [4.78, 5) is 15.8. The number of hydrogen-bond acceptors (Lipinski definition) is 5. The van der Waals surface area contributed by atoms with Crippen LogP contribution in [0.4, 0.5) is 0 Å². The van der Waals surface area contributed by atoms with Gasteiger partial charge in [0.25, 0.3) is 0 Å². The van der Waals surface area contributed by atoms with Crippen molar-refractivity contribution in [2.24, 2.45) is 0 Å². The van der Waals surface area contributed by atoms with Gasteiger partial charge >= 0.3 is 0 Å². The van der Waals surface area contributed by atoms with Gasteiger partial charge < -0.3 is 18.0 Å². The first-order valence-electron chi connectivity index (χ1n) is 25.6. The maximum atomic E-state index is 6.74. The normalized spacial score (nSPS) is 11.9. The fourth-order valence-corrected chi connectivity index (χ4v) is 11.7. The lowest BCUT2D eigenvalue weighted by Gasteiger charge is -2.10. The number of rotatable bonds is 7. The number of hydrogen-bond donors (Lipinski definition) is 0. The van der Waals surface area contributed by atoms with Crippen LogP contribution < -0.4 is 0 Å². The van der Waals surface area contributed by atoms with Gasteiger partial charge in [0.1, 0.15) is 22.3 Å². The summed E-state index contributed by atoms with van der Waals surface area (Å²) in [5.74, 6) is 1.68. The molecule has 0 aliphatic heterocycles. The van der Waals surface area contributed by atoms with Gasteiger partial charge in [-0.05, 0) is 107 Å². The molecule has 0 spiro atoms. The molecule has 7 nitrogen and oxygen atoms in total. The topological polar surface area (TPSA) is 74.8 Å². The van der Waals surface area contributed by atoms with Crippen molar-refractivity contribution in [3.63, 3.8) is 0 Å². The quantitative estimate of drug-likeness (QED) is 0.159. The van der Waals surface area contributed by atoms with E-state index in [0.29, 0.717) is 17.5 Å². The summed E-state index contributed by atoms with van der Waals surface area (Å²) in [5.41, 5.74) is 16.9. The molecule has 0 radical (unpaired) electrons. The fraction of sp³-hybridized carbons (Fsp3) is 0. The Hall–Kier alpha value is -10.4. The highest BCUT2D eigenvalue weighted by Crippen LogP contribution is 2.43. The largest absolute Gasteiger partial charge is 0.456 e. The Morgan fingerprint density at radius 3 is 1.11 bits per heavy atom. The predicted octanol–water partition coefficient (Wildman–Crippen LogP) is 18.2. The number of aromatic nitrogens is 5. The summed E-state index contributed by atoms with van der Waals surface area (Å²) in [5, 5.41) is 8.73. The molecule has 0 saturated carbocycles. The number of para-hydroxylation sites is 4. The van der Waals surface area contributed by atoms with E-state index in [9.17, 15) is 0 Å². The van der Waals surface area contributed by atoms with Crippen molar-refractivity contribution in [3.05, 3.63) is 249 Å². The molecule has 0 amide bonds. The third kappa shape index (κ3) is 6.52. The molecule has 0 bridgehead atoms. The Morgan fingerprint density at radius 1 is 0.250 bits per heavy atom. The van der Waals surface area contributed by atoms with Crippen LogP contribution in [-0.2, 0) is 0 Å². The molecule has 76 heavy (non-hydrogen) atoms. The van der Waals surface area contributed by atoms with Gasteiger partial charge in [0.05, 0.1) is 22.1 Å². The lowest BCUT2D eigenvalue weighted by Crippen LogP contribution is -2.00. The summed E-state index contributed by atoms with van der Waals surface area (Å²) in [6.07, 6.45) is 0. The molecule has 0 saturated heterocycles. The molecule has 0 fully saturated rings. The van der Waals surface area contributed by atoms with E-state index in [0.717, 1.165) is 105 Å². The average Bonchev–Trinajstić information content (AvgIpc) is 4.25. The van der Waals surface area contributed by atoms with Crippen LogP contribution in [0.25, 0.3) is 155 Å². The van der Waals surface area contributed by atoms with E-state index in [-0.39, 0.29) is 0 Å². The Morgan fingerprint density at radius 2 is 0.632 bits per heavy atom. The van der Waals surface area contributed by atoms with Crippen LogP contribution >= 0.6 is 0 Å². The second kappa shape index (κ2) is 16.6. The summed E-state index contributed by atoms with van der Waals surface area (Å²) in [7, 11) is 0. The van der Waals surface area contributed by atoms with Gasteiger partial charge in [0, 0.05) is 71.2 Å². The lowest BCUT2D eigenvalue weighted by atomic mass is 10.00. The molecular weight excluding hydrogens is 931 g/mol. The van der Waals surface area contributed by atoms with E-state index in [1.54, 1.807) is 0 Å².